The van der Waals surface area contributed by atoms with Gasteiger partial charge in [0, 0.05) is 30.5 Å². The summed E-state index contributed by atoms with van der Waals surface area (Å²) in [4.78, 5) is 13.1. The van der Waals surface area contributed by atoms with Crippen molar-refractivity contribution in [2.75, 3.05) is 5.32 Å². The zero-order valence-electron chi connectivity index (χ0n) is 12.8. The van der Waals surface area contributed by atoms with E-state index in [0.717, 1.165) is 22.5 Å². The van der Waals surface area contributed by atoms with Gasteiger partial charge in [-0.25, -0.2) is 15.0 Å². The first-order chi connectivity index (χ1) is 9.95. The Morgan fingerprint density at radius 1 is 1.10 bits per heavy atom. The van der Waals surface area contributed by atoms with Crippen LogP contribution in [0.2, 0.25) is 0 Å². The first-order valence-corrected chi connectivity index (χ1v) is 6.96. The second-order valence-electron chi connectivity index (χ2n) is 6.15. The van der Waals surface area contributed by atoms with Crippen LogP contribution in [0.25, 0.3) is 11.0 Å². The molecule has 0 fully saturated rings. The average molecular weight is 281 g/mol. The molecule has 108 valence electrons. The summed E-state index contributed by atoms with van der Waals surface area (Å²) in [5, 5.41) is 3.19. The number of anilines is 2. The highest BCUT2D eigenvalue weighted by Crippen LogP contribution is 2.27. The van der Waals surface area contributed by atoms with Crippen molar-refractivity contribution in [2.45, 2.75) is 26.2 Å². The molecule has 2 heterocycles. The molecule has 1 aromatic carbocycles. The van der Waals surface area contributed by atoms with Crippen molar-refractivity contribution in [3.63, 3.8) is 0 Å². The van der Waals surface area contributed by atoms with Crippen LogP contribution in [-0.2, 0) is 12.5 Å². The lowest BCUT2D eigenvalue weighted by Crippen LogP contribution is -2.17. The topological polar surface area (TPSA) is 55.6 Å². The van der Waals surface area contributed by atoms with Gasteiger partial charge in [-0.3, -0.25) is 0 Å². The molecule has 0 saturated heterocycles. The van der Waals surface area contributed by atoms with Crippen LogP contribution < -0.4 is 5.32 Å². The molecule has 0 spiro atoms. The normalized spacial score (nSPS) is 11.8. The number of nitrogens with zero attached hydrogens (tertiary/aromatic N) is 4. The van der Waals surface area contributed by atoms with Gasteiger partial charge in [0.15, 0.2) is 0 Å². The van der Waals surface area contributed by atoms with E-state index < -0.39 is 0 Å². The molecule has 5 heteroatoms. The fraction of sp³-hybridized carbons (Fsp3) is 0.312. The van der Waals surface area contributed by atoms with Crippen LogP contribution in [0, 0.1) is 0 Å². The average Bonchev–Trinajstić information content (AvgIpc) is 2.77. The molecule has 0 aliphatic heterocycles. The maximum Gasteiger partial charge on any atom is 0.227 e. The molecule has 0 aliphatic rings. The number of nitrogens with one attached hydrogen (secondary N) is 1. The number of benzene rings is 1. The zero-order chi connectivity index (χ0) is 15.0. The van der Waals surface area contributed by atoms with Gasteiger partial charge in [-0.15, -0.1) is 0 Å². The lowest BCUT2D eigenvalue weighted by Gasteiger charge is -2.17. The molecule has 3 aromatic rings. The highest BCUT2D eigenvalue weighted by atomic mass is 15.1. The van der Waals surface area contributed by atoms with Gasteiger partial charge in [0.05, 0.1) is 11.0 Å². The summed E-state index contributed by atoms with van der Waals surface area (Å²) in [5.41, 5.74) is 3.05. The van der Waals surface area contributed by atoms with Gasteiger partial charge < -0.3 is 9.88 Å². The van der Waals surface area contributed by atoms with Gasteiger partial charge in [-0.1, -0.05) is 20.8 Å². The quantitative estimate of drug-likeness (QED) is 0.782. The Balaban J connectivity index is 2.01. The number of rotatable bonds is 2. The number of fused-ring (bicyclic) bond motifs is 1. The predicted octanol–water partition coefficient (Wildman–Crippen LogP) is 3.40. The molecule has 0 unspecified atom stereocenters. The van der Waals surface area contributed by atoms with Crippen molar-refractivity contribution in [3.05, 3.63) is 42.5 Å². The van der Waals surface area contributed by atoms with Crippen LogP contribution in [0.5, 0.6) is 0 Å². The van der Waals surface area contributed by atoms with E-state index in [1.165, 1.54) is 0 Å². The monoisotopic (exact) mass is 281 g/mol. The molecular formula is C16H19N5. The van der Waals surface area contributed by atoms with E-state index in [9.17, 15) is 0 Å². The van der Waals surface area contributed by atoms with Crippen LogP contribution in [0.4, 0.5) is 11.6 Å². The lowest BCUT2D eigenvalue weighted by atomic mass is 9.96. The third-order valence-electron chi connectivity index (χ3n) is 3.37. The number of aromatic nitrogens is 4. The predicted molar refractivity (Wildman–Crippen MR) is 84.7 cm³/mol. The lowest BCUT2D eigenvalue weighted by molar-refractivity contribution is 0.526. The maximum atomic E-state index is 4.77. The van der Waals surface area contributed by atoms with Gasteiger partial charge in [-0.2, -0.15) is 0 Å². The Morgan fingerprint density at radius 3 is 2.48 bits per heavy atom. The number of hydrogen-bond acceptors (Lipinski definition) is 4. The molecule has 0 amide bonds. The molecule has 21 heavy (non-hydrogen) atoms. The molecule has 2 aromatic heterocycles. The molecule has 0 bridgehead atoms. The van der Waals surface area contributed by atoms with Crippen molar-refractivity contribution in [1.82, 2.24) is 19.5 Å². The van der Waals surface area contributed by atoms with Crippen LogP contribution >= 0.6 is 0 Å². The fourth-order valence-electron chi connectivity index (χ4n) is 2.44. The molecule has 0 atom stereocenters. The van der Waals surface area contributed by atoms with Crippen molar-refractivity contribution >= 4 is 22.7 Å². The number of aryl methyl sites for hydroxylation is 1. The second-order valence-corrected chi connectivity index (χ2v) is 6.15. The molecule has 5 nitrogen and oxygen atoms in total. The maximum absolute atomic E-state index is 4.77. The summed E-state index contributed by atoms with van der Waals surface area (Å²) in [6, 6.07) is 7.92. The van der Waals surface area contributed by atoms with Crippen molar-refractivity contribution in [2.24, 2.45) is 7.05 Å². The third kappa shape index (κ3) is 2.59. The van der Waals surface area contributed by atoms with Gasteiger partial charge in [-0.05, 0) is 24.3 Å². The smallest absolute Gasteiger partial charge is 0.227 e. The van der Waals surface area contributed by atoms with E-state index in [1.807, 2.05) is 12.1 Å². The largest absolute Gasteiger partial charge is 0.331 e. The minimum Gasteiger partial charge on any atom is -0.331 e. The Morgan fingerprint density at radius 2 is 1.81 bits per heavy atom. The minimum atomic E-state index is 0.0178. The molecule has 0 aliphatic carbocycles. The van der Waals surface area contributed by atoms with E-state index in [0.29, 0.717) is 5.95 Å². The summed E-state index contributed by atoms with van der Waals surface area (Å²) in [6.45, 7) is 6.52. The van der Waals surface area contributed by atoms with Crippen LogP contribution in [0.15, 0.2) is 36.7 Å². The van der Waals surface area contributed by atoms with Crippen molar-refractivity contribution < 1.29 is 0 Å². The Bertz CT molecular complexity index is 768. The molecular weight excluding hydrogens is 262 g/mol. The third-order valence-corrected chi connectivity index (χ3v) is 3.37. The summed E-state index contributed by atoms with van der Waals surface area (Å²) in [5.74, 6) is 1.66. The van der Waals surface area contributed by atoms with Crippen LogP contribution in [-0.4, -0.2) is 19.5 Å². The molecule has 0 saturated carbocycles. The summed E-state index contributed by atoms with van der Waals surface area (Å²) < 4.78 is 2.15. The Hall–Kier alpha value is -2.43. The SMILES string of the molecule is Cn1c(C(C)(C)C)nc2cc(Nc3ncccn3)ccc21. The fourth-order valence-corrected chi connectivity index (χ4v) is 2.44. The van der Waals surface area contributed by atoms with E-state index >= 15 is 0 Å². The minimum absolute atomic E-state index is 0.0178. The highest BCUT2D eigenvalue weighted by molar-refractivity contribution is 5.81. The first kappa shape index (κ1) is 13.5. The van der Waals surface area contributed by atoms with E-state index in [4.69, 9.17) is 4.98 Å². The Kier molecular flexibility index (Phi) is 3.12. The van der Waals surface area contributed by atoms with Gasteiger partial charge in [0.1, 0.15) is 5.82 Å². The van der Waals surface area contributed by atoms with Crippen molar-refractivity contribution in [3.8, 4) is 0 Å². The zero-order valence-corrected chi connectivity index (χ0v) is 12.8. The first-order valence-electron chi connectivity index (χ1n) is 6.96. The van der Waals surface area contributed by atoms with Gasteiger partial charge >= 0.3 is 0 Å². The van der Waals surface area contributed by atoms with E-state index in [2.05, 4.69) is 53.7 Å². The Labute approximate surface area is 124 Å². The van der Waals surface area contributed by atoms with Gasteiger partial charge in [0.25, 0.3) is 0 Å². The molecule has 3 rings (SSSR count). The molecule has 0 radical (unpaired) electrons. The summed E-state index contributed by atoms with van der Waals surface area (Å²) in [6.07, 6.45) is 3.43. The van der Waals surface area contributed by atoms with E-state index in [1.54, 1.807) is 18.5 Å². The van der Waals surface area contributed by atoms with Crippen LogP contribution in [0.3, 0.4) is 0 Å². The second kappa shape index (κ2) is 4.84. The van der Waals surface area contributed by atoms with Crippen molar-refractivity contribution in [1.29, 1.82) is 0 Å². The number of imidazole rings is 1. The van der Waals surface area contributed by atoms with Crippen LogP contribution in [0.1, 0.15) is 26.6 Å². The number of hydrogen-bond donors (Lipinski definition) is 1. The standard InChI is InChI=1S/C16H19N5/c1-16(2,3)14-20-12-10-11(6-7-13(12)21(14)4)19-15-17-8-5-9-18-15/h5-10H,1-4H3,(H,17,18,19). The summed E-state index contributed by atoms with van der Waals surface area (Å²) >= 11 is 0. The van der Waals surface area contributed by atoms with Gasteiger partial charge in [0.2, 0.25) is 5.95 Å². The summed E-state index contributed by atoms with van der Waals surface area (Å²) in [7, 11) is 2.06. The molecule has 1 N–H and O–H groups in total. The highest BCUT2D eigenvalue weighted by Gasteiger charge is 2.21. The van der Waals surface area contributed by atoms with E-state index in [-0.39, 0.29) is 5.41 Å².